The first-order valence-electron chi connectivity index (χ1n) is 12.6. The van der Waals surface area contributed by atoms with E-state index in [1.165, 1.54) is 12.1 Å². The Morgan fingerprint density at radius 2 is 1.97 bits per heavy atom. The third-order valence-electron chi connectivity index (χ3n) is 7.07. The minimum Gasteiger partial charge on any atom is -0.483 e. The lowest BCUT2D eigenvalue weighted by Crippen LogP contribution is -2.48. The van der Waals surface area contributed by atoms with Gasteiger partial charge in [0.2, 0.25) is 5.43 Å². The molecule has 1 amide bonds. The SMILES string of the molecule is CCC(c1nnc(-c2cn3c(c(OCc4ccccc4)c2=O)C(=O)N[C@@H]2COC[C@@H]23)s1)c1ccc(F)cc1F. The van der Waals surface area contributed by atoms with E-state index in [4.69, 9.17) is 9.47 Å². The van der Waals surface area contributed by atoms with Crippen LogP contribution in [0.4, 0.5) is 8.78 Å². The van der Waals surface area contributed by atoms with Crippen LogP contribution in [0.5, 0.6) is 5.75 Å². The van der Waals surface area contributed by atoms with Crippen LogP contribution in [0.3, 0.4) is 0 Å². The highest BCUT2D eigenvalue weighted by atomic mass is 32.1. The van der Waals surface area contributed by atoms with Crippen molar-refractivity contribution in [2.24, 2.45) is 0 Å². The minimum atomic E-state index is -0.665. The molecule has 1 unspecified atom stereocenters. The molecule has 2 aliphatic heterocycles. The van der Waals surface area contributed by atoms with Gasteiger partial charge in [-0.15, -0.1) is 10.2 Å². The second kappa shape index (κ2) is 10.3. The third-order valence-corrected chi connectivity index (χ3v) is 8.14. The summed E-state index contributed by atoms with van der Waals surface area (Å²) in [6.07, 6.45) is 2.11. The predicted molar refractivity (Wildman–Crippen MR) is 140 cm³/mol. The fraction of sp³-hybridized carbons (Fsp3) is 0.286. The molecule has 6 rings (SSSR count). The molecule has 11 heteroatoms. The van der Waals surface area contributed by atoms with Gasteiger partial charge in [-0.25, -0.2) is 8.78 Å². The van der Waals surface area contributed by atoms with Crippen LogP contribution in [0.15, 0.2) is 59.5 Å². The lowest BCUT2D eigenvalue weighted by atomic mass is 9.97. The third kappa shape index (κ3) is 4.61. The molecule has 0 aliphatic carbocycles. The summed E-state index contributed by atoms with van der Waals surface area (Å²) in [5.41, 5.74) is 1.01. The molecule has 39 heavy (non-hydrogen) atoms. The van der Waals surface area contributed by atoms with Crippen LogP contribution in [-0.2, 0) is 11.3 Å². The van der Waals surface area contributed by atoms with Crippen LogP contribution in [0.2, 0.25) is 0 Å². The van der Waals surface area contributed by atoms with Crippen molar-refractivity contribution in [3.05, 3.63) is 98.4 Å². The van der Waals surface area contributed by atoms with Gasteiger partial charge in [0.05, 0.1) is 30.9 Å². The average Bonchev–Trinajstić information content (AvgIpc) is 3.60. The number of benzene rings is 2. The monoisotopic (exact) mass is 550 g/mol. The maximum Gasteiger partial charge on any atom is 0.272 e. The second-order valence-electron chi connectivity index (χ2n) is 9.49. The van der Waals surface area contributed by atoms with Gasteiger partial charge in [0.15, 0.2) is 16.5 Å². The Bertz CT molecular complexity index is 1610. The Morgan fingerprint density at radius 1 is 1.15 bits per heavy atom. The largest absolute Gasteiger partial charge is 0.483 e. The van der Waals surface area contributed by atoms with E-state index in [9.17, 15) is 18.4 Å². The summed E-state index contributed by atoms with van der Waals surface area (Å²) in [7, 11) is 0. The Kier molecular flexibility index (Phi) is 6.69. The number of aromatic nitrogens is 3. The van der Waals surface area contributed by atoms with Crippen molar-refractivity contribution >= 4 is 17.2 Å². The van der Waals surface area contributed by atoms with Crippen molar-refractivity contribution < 1.29 is 23.0 Å². The molecule has 2 aliphatic rings. The average molecular weight is 551 g/mol. The first kappa shape index (κ1) is 25.3. The summed E-state index contributed by atoms with van der Waals surface area (Å²) in [5.74, 6) is -2.28. The van der Waals surface area contributed by atoms with E-state index in [-0.39, 0.29) is 35.7 Å². The number of amides is 1. The van der Waals surface area contributed by atoms with Crippen LogP contribution in [-0.4, -0.2) is 39.9 Å². The predicted octanol–water partition coefficient (Wildman–Crippen LogP) is 4.45. The molecule has 0 spiro atoms. The quantitative estimate of drug-likeness (QED) is 0.366. The topological polar surface area (TPSA) is 95.3 Å². The first-order valence-corrected chi connectivity index (χ1v) is 13.4. The Labute approximate surface area is 226 Å². The van der Waals surface area contributed by atoms with Crippen molar-refractivity contribution in [1.82, 2.24) is 20.1 Å². The summed E-state index contributed by atoms with van der Waals surface area (Å²) in [6, 6.07) is 12.3. The summed E-state index contributed by atoms with van der Waals surface area (Å²) >= 11 is 1.16. The summed E-state index contributed by atoms with van der Waals surface area (Å²) < 4.78 is 41.5. The van der Waals surface area contributed by atoms with Crippen LogP contribution in [0.1, 0.15) is 51.9 Å². The maximum absolute atomic E-state index is 14.6. The molecule has 1 saturated heterocycles. The first-order chi connectivity index (χ1) is 18.9. The number of nitrogens with one attached hydrogen (secondary N) is 1. The van der Waals surface area contributed by atoms with Gasteiger partial charge in [0.25, 0.3) is 5.91 Å². The van der Waals surface area contributed by atoms with Gasteiger partial charge in [0, 0.05) is 18.2 Å². The zero-order valence-electron chi connectivity index (χ0n) is 20.9. The minimum absolute atomic E-state index is 0.0763. The smallest absolute Gasteiger partial charge is 0.272 e. The summed E-state index contributed by atoms with van der Waals surface area (Å²) in [5, 5.41) is 12.3. The molecule has 4 heterocycles. The molecule has 0 saturated carbocycles. The number of nitrogens with zero attached hydrogens (tertiary/aromatic N) is 3. The molecule has 2 aromatic heterocycles. The van der Waals surface area contributed by atoms with Gasteiger partial charge in [-0.1, -0.05) is 54.7 Å². The number of hydrogen-bond acceptors (Lipinski definition) is 7. The lowest BCUT2D eigenvalue weighted by Gasteiger charge is -2.31. The molecule has 1 N–H and O–H groups in total. The number of ether oxygens (including phenoxy) is 2. The number of halogens is 2. The Balaban J connectivity index is 1.44. The fourth-order valence-electron chi connectivity index (χ4n) is 5.09. The number of rotatable bonds is 7. The molecule has 3 atom stereocenters. The molecule has 4 aromatic rings. The number of carbonyl (C=O) groups excluding carboxylic acids is 1. The molecular weight excluding hydrogens is 526 g/mol. The number of pyridine rings is 1. The van der Waals surface area contributed by atoms with Crippen LogP contribution < -0.4 is 15.5 Å². The summed E-state index contributed by atoms with van der Waals surface area (Å²) in [6.45, 7) is 2.69. The van der Waals surface area contributed by atoms with Gasteiger partial charge >= 0.3 is 0 Å². The molecule has 0 bridgehead atoms. The molecule has 2 aromatic carbocycles. The number of carbonyl (C=O) groups is 1. The highest BCUT2D eigenvalue weighted by Gasteiger charge is 2.40. The second-order valence-corrected chi connectivity index (χ2v) is 10.5. The molecule has 8 nitrogen and oxygen atoms in total. The highest BCUT2D eigenvalue weighted by Crippen LogP contribution is 2.36. The van der Waals surface area contributed by atoms with Crippen LogP contribution in [0.25, 0.3) is 10.6 Å². The van der Waals surface area contributed by atoms with Gasteiger partial charge in [-0.2, -0.15) is 0 Å². The van der Waals surface area contributed by atoms with E-state index >= 15 is 0 Å². The maximum atomic E-state index is 14.6. The zero-order valence-corrected chi connectivity index (χ0v) is 21.7. The zero-order chi connectivity index (χ0) is 27.1. The molecule has 0 radical (unpaired) electrons. The van der Waals surface area contributed by atoms with Gasteiger partial charge in [-0.3, -0.25) is 9.59 Å². The normalized spacial score (nSPS) is 18.8. The number of fused-ring (bicyclic) bond motifs is 3. The summed E-state index contributed by atoms with van der Waals surface area (Å²) in [4.78, 5) is 26.9. The van der Waals surface area contributed by atoms with Crippen molar-refractivity contribution in [3.8, 4) is 16.3 Å². The highest BCUT2D eigenvalue weighted by molar-refractivity contribution is 7.14. The van der Waals surface area contributed by atoms with Crippen molar-refractivity contribution in [2.45, 2.75) is 38.0 Å². The van der Waals surface area contributed by atoms with Gasteiger partial charge in [0.1, 0.15) is 23.2 Å². The van der Waals surface area contributed by atoms with Crippen molar-refractivity contribution in [3.63, 3.8) is 0 Å². The van der Waals surface area contributed by atoms with E-state index in [0.29, 0.717) is 35.2 Å². The molecule has 1 fully saturated rings. The van der Waals surface area contributed by atoms with Crippen LogP contribution >= 0.6 is 11.3 Å². The van der Waals surface area contributed by atoms with E-state index in [2.05, 4.69) is 15.5 Å². The van der Waals surface area contributed by atoms with E-state index < -0.39 is 28.9 Å². The Hall–Kier alpha value is -3.96. The van der Waals surface area contributed by atoms with Crippen molar-refractivity contribution in [2.75, 3.05) is 13.2 Å². The number of hydrogen-bond donors (Lipinski definition) is 1. The standard InChI is InChI=1S/C28H24F2N4O4S/c1-2-17(18-9-8-16(29)10-20(18)30)27-32-33-28(39-27)19-11-34-22-14-37-13-21(22)31-26(36)23(34)25(24(19)35)38-12-15-6-4-3-5-7-15/h3-11,17,21-22H,2,12-14H2,1H3,(H,31,36)/t17?,21-,22+/m1/s1. The Morgan fingerprint density at radius 3 is 2.74 bits per heavy atom. The molecular formula is C28H24F2N4O4S. The van der Waals surface area contributed by atoms with E-state index in [1.807, 2.05) is 37.3 Å². The fourth-order valence-corrected chi connectivity index (χ4v) is 6.15. The van der Waals surface area contributed by atoms with Crippen molar-refractivity contribution in [1.29, 1.82) is 0 Å². The van der Waals surface area contributed by atoms with E-state index in [1.54, 1.807) is 10.8 Å². The van der Waals surface area contributed by atoms with Gasteiger partial charge < -0.3 is 19.4 Å². The lowest BCUT2D eigenvalue weighted by molar-refractivity contribution is 0.0883. The van der Waals surface area contributed by atoms with Gasteiger partial charge in [-0.05, 0) is 23.6 Å². The van der Waals surface area contributed by atoms with E-state index in [0.717, 1.165) is 23.0 Å². The van der Waals surface area contributed by atoms with Crippen LogP contribution in [0, 0.1) is 11.6 Å². The molecule has 200 valence electrons.